The van der Waals surface area contributed by atoms with E-state index in [9.17, 15) is 13.2 Å². The summed E-state index contributed by atoms with van der Waals surface area (Å²) in [6.45, 7) is 4.01. The maximum Gasteiger partial charge on any atom is 0.306 e. The van der Waals surface area contributed by atoms with E-state index in [1.54, 1.807) is 13.0 Å². The quantitative estimate of drug-likeness (QED) is 0.493. The number of benzene rings is 2. The van der Waals surface area contributed by atoms with Gasteiger partial charge in [0.15, 0.2) is 17.3 Å². The lowest BCUT2D eigenvalue weighted by molar-refractivity contribution is -0.114. The number of carbonyl (C=O) groups excluding carboxylic acids is 1. The number of rotatable bonds is 6. The highest BCUT2D eigenvalue weighted by atomic mass is 32.2. The van der Waals surface area contributed by atoms with Crippen molar-refractivity contribution in [1.82, 2.24) is 5.01 Å². The molecule has 0 bridgehead atoms. The second kappa shape index (κ2) is 8.83. The van der Waals surface area contributed by atoms with Gasteiger partial charge in [0.05, 0.1) is 18.4 Å². The molecule has 4 rings (SSSR count). The minimum atomic E-state index is -3.74. The fourth-order valence-corrected chi connectivity index (χ4v) is 4.52. The van der Waals surface area contributed by atoms with E-state index in [2.05, 4.69) is 10.1 Å². The number of fused-ring (bicyclic) bond motifs is 1. The molecule has 0 atom stereocenters. The van der Waals surface area contributed by atoms with Gasteiger partial charge in [0.1, 0.15) is 5.04 Å². The molecular formula is C22H20N4O5S2. The van der Waals surface area contributed by atoms with Crippen LogP contribution in [0.5, 0.6) is 11.5 Å². The van der Waals surface area contributed by atoms with Crippen molar-refractivity contribution in [2.75, 3.05) is 12.9 Å². The van der Waals surface area contributed by atoms with Crippen LogP contribution >= 0.6 is 11.8 Å². The van der Waals surface area contributed by atoms with Crippen molar-refractivity contribution in [1.29, 1.82) is 5.41 Å². The van der Waals surface area contributed by atoms with Gasteiger partial charge < -0.3 is 8.92 Å². The van der Waals surface area contributed by atoms with Crippen molar-refractivity contribution in [2.24, 2.45) is 10.1 Å². The Morgan fingerprint density at radius 2 is 1.97 bits per heavy atom. The molecular weight excluding hydrogens is 464 g/mol. The molecule has 0 unspecified atom stereocenters. The number of aryl methyl sites for hydroxylation is 1. The van der Waals surface area contributed by atoms with Crippen molar-refractivity contribution >= 4 is 49.9 Å². The number of carbonyl (C=O) groups is 1. The van der Waals surface area contributed by atoms with E-state index < -0.39 is 16.0 Å². The Morgan fingerprint density at radius 3 is 2.67 bits per heavy atom. The van der Waals surface area contributed by atoms with Gasteiger partial charge in [-0.1, -0.05) is 29.8 Å². The van der Waals surface area contributed by atoms with Gasteiger partial charge in [-0.25, -0.2) is 0 Å². The zero-order valence-electron chi connectivity index (χ0n) is 18.0. The molecule has 2 heterocycles. The number of amidine groups is 2. The standard InChI is InChI=1S/C22H20N4O5S2/c1-4-30-18-12-14(8-9-17(18)31-33(3,28)29)11-16-19(23)26-22(24-20(16)27)32-21(25-26)15-7-5-6-13(2)10-15/h5-12,23H,4H2,1-3H3/b16-11-,23-19?. The normalized spacial score (nSPS) is 17.1. The first-order valence-electron chi connectivity index (χ1n) is 9.88. The molecule has 1 N–H and O–H groups in total. The third-order valence-corrected chi connectivity index (χ3v) is 5.98. The highest BCUT2D eigenvalue weighted by Crippen LogP contribution is 2.33. The molecule has 0 saturated carbocycles. The summed E-state index contributed by atoms with van der Waals surface area (Å²) in [5.41, 5.74) is 2.52. The van der Waals surface area contributed by atoms with Crippen LogP contribution < -0.4 is 8.92 Å². The number of ether oxygens (including phenoxy) is 1. The second-order valence-electron chi connectivity index (χ2n) is 7.22. The molecule has 11 heteroatoms. The van der Waals surface area contributed by atoms with Gasteiger partial charge >= 0.3 is 10.1 Å². The maximum atomic E-state index is 12.7. The van der Waals surface area contributed by atoms with Crippen molar-refractivity contribution in [3.8, 4) is 11.5 Å². The summed E-state index contributed by atoms with van der Waals surface area (Å²) in [7, 11) is -3.74. The van der Waals surface area contributed by atoms with Crippen LogP contribution in [0.3, 0.4) is 0 Å². The number of hydrazone groups is 1. The number of hydrogen-bond acceptors (Lipinski definition) is 8. The molecule has 0 fully saturated rings. The first-order valence-corrected chi connectivity index (χ1v) is 12.5. The Hall–Kier alpha value is -3.44. The summed E-state index contributed by atoms with van der Waals surface area (Å²) < 4.78 is 33.4. The van der Waals surface area contributed by atoms with Gasteiger partial charge in [0.2, 0.25) is 5.17 Å². The molecule has 33 heavy (non-hydrogen) atoms. The zero-order chi connectivity index (χ0) is 23.8. The molecule has 1 amide bonds. The number of thioether (sulfide) groups is 1. The van der Waals surface area contributed by atoms with Crippen molar-refractivity contribution < 1.29 is 22.1 Å². The van der Waals surface area contributed by atoms with Crippen LogP contribution in [0, 0.1) is 12.3 Å². The highest BCUT2D eigenvalue weighted by molar-refractivity contribution is 8.27. The molecule has 2 aromatic carbocycles. The van der Waals surface area contributed by atoms with E-state index in [-0.39, 0.29) is 29.5 Å². The summed E-state index contributed by atoms with van der Waals surface area (Å²) in [6.07, 6.45) is 2.43. The SMILES string of the molecule is CCOc1cc(/C=C2/C(=N)N3N=C(c4cccc(C)c4)SC3=NC2=O)ccc1OS(C)(=O)=O. The minimum Gasteiger partial charge on any atom is -0.490 e. The molecule has 9 nitrogen and oxygen atoms in total. The predicted molar refractivity (Wildman–Crippen MR) is 128 cm³/mol. The average Bonchev–Trinajstić information content (AvgIpc) is 3.16. The summed E-state index contributed by atoms with van der Waals surface area (Å²) in [5, 5.41) is 15.3. The van der Waals surface area contributed by atoms with Crippen molar-refractivity contribution in [2.45, 2.75) is 13.8 Å². The van der Waals surface area contributed by atoms with Crippen LogP contribution in [0.15, 0.2) is 58.1 Å². The lowest BCUT2D eigenvalue weighted by Gasteiger charge is -2.20. The third kappa shape index (κ3) is 4.99. The Kier molecular flexibility index (Phi) is 6.09. The second-order valence-corrected chi connectivity index (χ2v) is 9.75. The Balaban J connectivity index is 1.67. The molecule has 0 radical (unpaired) electrons. The van der Waals surface area contributed by atoms with E-state index in [0.29, 0.717) is 15.8 Å². The molecule has 2 aliphatic heterocycles. The van der Waals surface area contributed by atoms with Gasteiger partial charge in [-0.15, -0.1) is 0 Å². The van der Waals surface area contributed by atoms with Gasteiger partial charge in [-0.05, 0) is 55.4 Å². The first kappa shape index (κ1) is 22.7. The van der Waals surface area contributed by atoms with Gasteiger partial charge in [0, 0.05) is 5.56 Å². The largest absolute Gasteiger partial charge is 0.490 e. The lowest BCUT2D eigenvalue weighted by atomic mass is 10.1. The molecule has 0 saturated heterocycles. The molecule has 2 aliphatic rings. The minimum absolute atomic E-state index is 0.0372. The van der Waals surface area contributed by atoms with Crippen molar-refractivity contribution in [3.05, 3.63) is 64.7 Å². The Bertz CT molecular complexity index is 1360. The maximum absolute atomic E-state index is 12.7. The van der Waals surface area contributed by atoms with E-state index in [0.717, 1.165) is 17.4 Å². The summed E-state index contributed by atoms with van der Waals surface area (Å²) in [4.78, 5) is 16.8. The fraction of sp³-hybridized carbons (Fsp3) is 0.182. The molecule has 0 aromatic heterocycles. The van der Waals surface area contributed by atoms with Crippen LogP contribution in [0.2, 0.25) is 0 Å². The van der Waals surface area contributed by atoms with Crippen LogP contribution in [0.4, 0.5) is 0 Å². The monoisotopic (exact) mass is 484 g/mol. The van der Waals surface area contributed by atoms with E-state index in [1.165, 1.54) is 35.0 Å². The van der Waals surface area contributed by atoms with Crippen LogP contribution in [-0.4, -0.2) is 48.2 Å². The summed E-state index contributed by atoms with van der Waals surface area (Å²) >= 11 is 1.23. The molecule has 2 aromatic rings. The number of nitrogens with zero attached hydrogens (tertiary/aromatic N) is 3. The molecule has 170 valence electrons. The van der Waals surface area contributed by atoms with Gasteiger partial charge in [-0.2, -0.15) is 23.5 Å². The first-order chi connectivity index (χ1) is 15.6. The van der Waals surface area contributed by atoms with E-state index >= 15 is 0 Å². The Morgan fingerprint density at radius 1 is 1.18 bits per heavy atom. The fourth-order valence-electron chi connectivity index (χ4n) is 3.17. The van der Waals surface area contributed by atoms with Gasteiger partial charge in [-0.3, -0.25) is 10.2 Å². The number of hydrogen-bond donors (Lipinski definition) is 1. The van der Waals surface area contributed by atoms with Crippen molar-refractivity contribution in [3.63, 3.8) is 0 Å². The van der Waals surface area contributed by atoms with E-state index in [1.807, 2.05) is 31.2 Å². The summed E-state index contributed by atoms with van der Waals surface area (Å²) in [5.74, 6) is -0.425. The predicted octanol–water partition coefficient (Wildman–Crippen LogP) is 3.40. The van der Waals surface area contributed by atoms with Gasteiger partial charge in [0.25, 0.3) is 5.91 Å². The molecule has 0 aliphatic carbocycles. The highest BCUT2D eigenvalue weighted by Gasteiger charge is 2.36. The average molecular weight is 485 g/mol. The topological polar surface area (TPSA) is 121 Å². The third-order valence-electron chi connectivity index (χ3n) is 4.54. The lowest BCUT2D eigenvalue weighted by Crippen LogP contribution is -2.35. The molecule has 0 spiro atoms. The zero-order valence-corrected chi connectivity index (χ0v) is 19.7. The summed E-state index contributed by atoms with van der Waals surface area (Å²) in [6, 6.07) is 12.3. The number of nitrogens with one attached hydrogen (secondary N) is 1. The number of aliphatic imine (C=N–C) groups is 1. The number of amides is 1. The smallest absolute Gasteiger partial charge is 0.306 e. The van der Waals surface area contributed by atoms with E-state index in [4.69, 9.17) is 14.3 Å². The van der Waals surface area contributed by atoms with Crippen LogP contribution in [0.25, 0.3) is 6.08 Å². The van der Waals surface area contributed by atoms with Crippen LogP contribution in [0.1, 0.15) is 23.6 Å². The van der Waals surface area contributed by atoms with Crippen LogP contribution in [-0.2, 0) is 14.9 Å². The Labute approximate surface area is 195 Å².